The second-order valence-corrected chi connectivity index (χ2v) is 7.46. The zero-order valence-corrected chi connectivity index (χ0v) is 16.2. The van der Waals surface area contributed by atoms with Gasteiger partial charge in [-0.15, -0.1) is 11.3 Å². The number of fused-ring (bicyclic) bond motifs is 2. The molecule has 150 valence electrons. The predicted molar refractivity (Wildman–Crippen MR) is 103 cm³/mol. The van der Waals surface area contributed by atoms with Crippen LogP contribution in [0.1, 0.15) is 18.4 Å². The molecule has 0 radical (unpaired) electrons. The number of hydrogen-bond donors (Lipinski definition) is 0. The first-order chi connectivity index (χ1) is 14.0. The molecule has 0 aliphatic carbocycles. The van der Waals surface area contributed by atoms with Gasteiger partial charge in [0.2, 0.25) is 0 Å². The van der Waals surface area contributed by atoms with Crippen LogP contribution >= 0.6 is 11.3 Å². The number of rotatable bonds is 5. The van der Waals surface area contributed by atoms with Crippen molar-refractivity contribution in [2.24, 2.45) is 0 Å². The van der Waals surface area contributed by atoms with Crippen LogP contribution in [0.15, 0.2) is 36.4 Å². The number of ether oxygens (including phenoxy) is 2. The molecule has 9 heteroatoms. The number of halogens is 2. The molecule has 1 aliphatic heterocycles. The number of thiazole rings is 1. The van der Waals surface area contributed by atoms with Gasteiger partial charge in [0.15, 0.2) is 17.7 Å². The largest absolute Gasteiger partial charge is 0.478 e. The van der Waals surface area contributed by atoms with Gasteiger partial charge in [0.25, 0.3) is 5.91 Å². The van der Waals surface area contributed by atoms with Crippen LogP contribution < -0.4 is 9.64 Å². The molecule has 0 spiro atoms. The molecule has 1 amide bonds. The van der Waals surface area contributed by atoms with E-state index < -0.39 is 29.6 Å². The van der Waals surface area contributed by atoms with Crippen molar-refractivity contribution in [2.75, 3.05) is 11.5 Å². The number of carbonyl (C=O) groups excluding carboxylic acids is 2. The molecular weight excluding hydrogens is 402 g/mol. The summed E-state index contributed by atoms with van der Waals surface area (Å²) in [6, 6.07) is 9.07. The third kappa shape index (κ3) is 3.77. The van der Waals surface area contributed by atoms with Gasteiger partial charge in [-0.3, -0.25) is 14.5 Å². The molecule has 0 fully saturated rings. The summed E-state index contributed by atoms with van der Waals surface area (Å²) in [6.45, 7) is 1.97. The van der Waals surface area contributed by atoms with Gasteiger partial charge in [-0.05, 0) is 25.1 Å². The van der Waals surface area contributed by atoms with Gasteiger partial charge in [-0.2, -0.15) is 0 Å². The van der Waals surface area contributed by atoms with Crippen molar-refractivity contribution >= 4 is 39.1 Å². The van der Waals surface area contributed by atoms with Crippen molar-refractivity contribution in [1.82, 2.24) is 4.98 Å². The second kappa shape index (κ2) is 7.75. The van der Waals surface area contributed by atoms with E-state index in [0.29, 0.717) is 26.7 Å². The average molecular weight is 418 g/mol. The normalized spacial score (nSPS) is 15.9. The first kappa shape index (κ1) is 19.3. The van der Waals surface area contributed by atoms with Crippen LogP contribution in [0.25, 0.3) is 10.2 Å². The first-order valence-electron chi connectivity index (χ1n) is 8.93. The van der Waals surface area contributed by atoms with Crippen LogP contribution in [-0.2, 0) is 20.9 Å². The Kier molecular flexibility index (Phi) is 5.14. The van der Waals surface area contributed by atoms with Crippen molar-refractivity contribution in [3.8, 4) is 5.75 Å². The number of amides is 1. The minimum absolute atomic E-state index is 0.0844. The number of esters is 1. The van der Waals surface area contributed by atoms with E-state index in [1.807, 2.05) is 0 Å². The summed E-state index contributed by atoms with van der Waals surface area (Å²) in [5.41, 5.74) is 0.857. The quantitative estimate of drug-likeness (QED) is 0.589. The molecule has 4 rings (SSSR count). The molecule has 2 aromatic carbocycles. The third-order valence-electron chi connectivity index (χ3n) is 4.39. The zero-order valence-electron chi connectivity index (χ0n) is 15.4. The van der Waals surface area contributed by atoms with Crippen LogP contribution in [-0.4, -0.2) is 29.6 Å². The highest BCUT2D eigenvalue weighted by Gasteiger charge is 2.36. The number of anilines is 1. The van der Waals surface area contributed by atoms with Crippen LogP contribution in [0, 0.1) is 11.6 Å². The highest BCUT2D eigenvalue weighted by atomic mass is 32.1. The molecule has 0 N–H and O–H groups in total. The third-order valence-corrected chi connectivity index (χ3v) is 5.40. The molecule has 0 bridgehead atoms. The maximum Gasteiger partial charge on any atom is 0.310 e. The number of benzene rings is 2. The Bertz CT molecular complexity index is 1060. The number of para-hydroxylation sites is 2. The van der Waals surface area contributed by atoms with E-state index in [2.05, 4.69) is 4.98 Å². The lowest BCUT2D eigenvalue weighted by Gasteiger charge is -2.33. The van der Waals surface area contributed by atoms with Gasteiger partial charge >= 0.3 is 5.97 Å². The van der Waals surface area contributed by atoms with Gasteiger partial charge in [0, 0.05) is 6.07 Å². The molecule has 1 aromatic heterocycles. The molecule has 3 aromatic rings. The fourth-order valence-corrected chi connectivity index (χ4v) is 4.08. The average Bonchev–Trinajstić information content (AvgIpc) is 3.06. The number of nitrogens with zero attached hydrogens (tertiary/aromatic N) is 2. The fraction of sp³-hybridized carbons (Fsp3) is 0.250. The molecule has 29 heavy (non-hydrogen) atoms. The minimum Gasteiger partial charge on any atom is -0.478 e. The number of aromatic nitrogens is 1. The monoisotopic (exact) mass is 418 g/mol. The van der Waals surface area contributed by atoms with Crippen molar-refractivity contribution in [1.29, 1.82) is 0 Å². The Balaban J connectivity index is 1.65. The molecule has 2 heterocycles. The predicted octanol–water partition coefficient (Wildman–Crippen LogP) is 3.82. The highest BCUT2D eigenvalue weighted by molar-refractivity contribution is 7.18. The van der Waals surface area contributed by atoms with Crippen molar-refractivity contribution < 1.29 is 27.8 Å². The highest BCUT2D eigenvalue weighted by Crippen LogP contribution is 2.36. The Morgan fingerprint density at radius 3 is 2.83 bits per heavy atom. The smallest absolute Gasteiger partial charge is 0.310 e. The first-order valence-corrected chi connectivity index (χ1v) is 9.75. The summed E-state index contributed by atoms with van der Waals surface area (Å²) < 4.78 is 38.1. The van der Waals surface area contributed by atoms with E-state index in [0.717, 1.165) is 12.1 Å². The fourth-order valence-electron chi connectivity index (χ4n) is 3.11. The standard InChI is InChI=1S/C20H16F2N2O4S/c1-2-27-19(25)9-16-20(26)24(14-5-3-4-6-15(14)28-16)10-18-23-13-7-11(21)12(22)8-17(13)29-18/h3-8,16H,2,9-10H2,1H3. The van der Waals surface area contributed by atoms with Crippen LogP contribution in [0.4, 0.5) is 14.5 Å². The lowest BCUT2D eigenvalue weighted by atomic mass is 10.1. The molecule has 0 saturated heterocycles. The number of carbonyl (C=O) groups is 2. The van der Waals surface area contributed by atoms with Gasteiger partial charge in [-0.1, -0.05) is 12.1 Å². The second-order valence-electron chi connectivity index (χ2n) is 6.35. The van der Waals surface area contributed by atoms with Gasteiger partial charge in [-0.25, -0.2) is 13.8 Å². The minimum atomic E-state index is -1.02. The van der Waals surface area contributed by atoms with Gasteiger partial charge in [0.05, 0.1) is 35.5 Å². The lowest BCUT2D eigenvalue weighted by molar-refractivity contribution is -0.147. The summed E-state index contributed by atoms with van der Waals surface area (Å²) in [4.78, 5) is 30.6. The van der Waals surface area contributed by atoms with Crippen LogP contribution in [0.3, 0.4) is 0 Å². The van der Waals surface area contributed by atoms with E-state index in [1.54, 1.807) is 31.2 Å². The topological polar surface area (TPSA) is 68.7 Å². The Labute approximate surface area is 168 Å². The van der Waals surface area contributed by atoms with E-state index in [9.17, 15) is 18.4 Å². The molecule has 6 nitrogen and oxygen atoms in total. The van der Waals surface area contributed by atoms with Crippen LogP contribution in [0.2, 0.25) is 0 Å². The molecule has 1 unspecified atom stereocenters. The van der Waals surface area contributed by atoms with E-state index in [1.165, 1.54) is 16.2 Å². The zero-order chi connectivity index (χ0) is 20.5. The van der Waals surface area contributed by atoms with E-state index in [-0.39, 0.29) is 19.6 Å². The molecular formula is C20H16F2N2O4S. The number of hydrogen-bond acceptors (Lipinski definition) is 6. The van der Waals surface area contributed by atoms with Gasteiger partial charge < -0.3 is 9.47 Å². The van der Waals surface area contributed by atoms with Crippen molar-refractivity contribution in [3.05, 3.63) is 53.0 Å². The Morgan fingerprint density at radius 2 is 2.03 bits per heavy atom. The van der Waals surface area contributed by atoms with Crippen molar-refractivity contribution in [3.63, 3.8) is 0 Å². The summed E-state index contributed by atoms with van der Waals surface area (Å²) in [7, 11) is 0. The molecule has 1 atom stereocenters. The molecule has 0 saturated carbocycles. The maximum atomic E-state index is 13.5. The maximum absolute atomic E-state index is 13.5. The SMILES string of the molecule is CCOC(=O)CC1Oc2ccccc2N(Cc2nc3cc(F)c(F)cc3s2)C1=O. The van der Waals surface area contributed by atoms with Gasteiger partial charge in [0.1, 0.15) is 10.8 Å². The van der Waals surface area contributed by atoms with E-state index >= 15 is 0 Å². The summed E-state index contributed by atoms with van der Waals surface area (Å²) in [6.07, 6.45) is -1.23. The summed E-state index contributed by atoms with van der Waals surface area (Å²) >= 11 is 1.17. The summed E-state index contributed by atoms with van der Waals surface area (Å²) in [5.74, 6) is -2.41. The Morgan fingerprint density at radius 1 is 1.28 bits per heavy atom. The van der Waals surface area contributed by atoms with Crippen molar-refractivity contribution in [2.45, 2.75) is 26.0 Å². The lowest BCUT2D eigenvalue weighted by Crippen LogP contribution is -2.46. The summed E-state index contributed by atoms with van der Waals surface area (Å²) in [5, 5.41) is 0.505. The van der Waals surface area contributed by atoms with Crippen LogP contribution in [0.5, 0.6) is 5.75 Å². The Hall–Kier alpha value is -3.07. The van der Waals surface area contributed by atoms with E-state index in [4.69, 9.17) is 9.47 Å². The molecule has 1 aliphatic rings.